The first-order valence-corrected chi connectivity index (χ1v) is 13.3. The number of nitrogens with zero attached hydrogens (tertiary/aromatic N) is 3. The topological polar surface area (TPSA) is 89.2 Å². The van der Waals surface area contributed by atoms with E-state index < -0.39 is 42.4 Å². The van der Waals surface area contributed by atoms with Crippen LogP contribution in [0.5, 0.6) is 0 Å². The fourth-order valence-corrected chi connectivity index (χ4v) is 4.56. The maximum atomic E-state index is 13.4. The molecule has 2 unspecified atom stereocenters. The second-order valence-electron chi connectivity index (χ2n) is 8.69. The van der Waals surface area contributed by atoms with Gasteiger partial charge in [0.2, 0.25) is 0 Å². The zero-order chi connectivity index (χ0) is 29.7. The Hall–Kier alpha value is -2.84. The lowest BCUT2D eigenvalue weighted by atomic mass is 9.96. The average molecular weight is 696 g/mol. The molecule has 6 nitrogen and oxygen atoms in total. The fourth-order valence-electron chi connectivity index (χ4n) is 4.09. The summed E-state index contributed by atoms with van der Waals surface area (Å²) in [6.45, 7) is -0.313. The van der Waals surface area contributed by atoms with Gasteiger partial charge in [0.25, 0.3) is 11.8 Å². The molecule has 0 saturated carbocycles. The zero-order valence-corrected chi connectivity index (χ0v) is 23.7. The number of carbonyl (C=O) groups is 2. The van der Waals surface area contributed by atoms with Crippen LogP contribution in [0.1, 0.15) is 56.5 Å². The first-order chi connectivity index (χ1) is 18.7. The third kappa shape index (κ3) is 7.88. The number of pyridine rings is 2. The molecular weight excluding hydrogens is 674 g/mol. The van der Waals surface area contributed by atoms with Crippen LogP contribution in [0.15, 0.2) is 70.1 Å². The smallest absolute Gasteiger partial charge is 0.330 e. The lowest BCUT2D eigenvalue weighted by Gasteiger charge is -2.23. The Kier molecular flexibility index (Phi) is 10.5. The molecule has 2 N–H and O–H groups in total. The largest absolute Gasteiger partial charge is 0.395 e. The molecule has 4 rings (SSSR count). The summed E-state index contributed by atoms with van der Waals surface area (Å²) in [5.41, 5.74) is 5.75. The van der Waals surface area contributed by atoms with Crippen molar-refractivity contribution in [2.75, 3.05) is 13.1 Å². The number of aromatic nitrogens is 2. The van der Waals surface area contributed by atoms with E-state index in [4.69, 9.17) is 5.73 Å². The number of amides is 2. The summed E-state index contributed by atoms with van der Waals surface area (Å²) in [4.78, 5) is 33.0. The quantitative estimate of drug-likeness (QED) is 0.163. The molecule has 2 aromatic heterocycles. The third-order valence-electron chi connectivity index (χ3n) is 6.07. The molecule has 0 fully saturated rings. The summed E-state index contributed by atoms with van der Waals surface area (Å²) in [5.74, 6) is -4.45. The zero-order valence-electron chi connectivity index (χ0n) is 20.5. The summed E-state index contributed by atoms with van der Waals surface area (Å²) < 4.78 is 79.0. The molecule has 0 aliphatic carbocycles. The highest BCUT2D eigenvalue weighted by Crippen LogP contribution is 2.39. The number of fused-ring (bicyclic) bond motifs is 1. The number of benzene rings is 1. The normalized spacial score (nSPS) is 14.9. The molecule has 3 heterocycles. The molecule has 0 bridgehead atoms. The summed E-state index contributed by atoms with van der Waals surface area (Å²) in [6, 6.07) is 11.9. The number of imide groups is 1. The van der Waals surface area contributed by atoms with Crippen molar-refractivity contribution in [2.24, 2.45) is 5.73 Å². The number of alkyl halides is 6. The van der Waals surface area contributed by atoms with Crippen molar-refractivity contribution >= 4 is 43.7 Å². The van der Waals surface area contributed by atoms with Gasteiger partial charge in [0.1, 0.15) is 9.21 Å². The standard InChI is InChI=1S/C17H12BrF3N2O2.C9H10BrF3N2/c18-14-6-5-10(9-22-14)13(17(19,20)21)7-8-23-15(24)11-3-1-2-4-12(11)16(23)25;10-8-2-1-6(5-15-8)7(3-4-14)9(11,12)13/h1-6,9,13H,7-8H2;1-2,5,7H,3-4,14H2. The van der Waals surface area contributed by atoms with Crippen LogP contribution in [0.3, 0.4) is 0 Å². The number of carbonyl (C=O) groups excluding carboxylic acids is 2. The SMILES string of the molecule is NCCC(c1ccc(Br)nc1)C(F)(F)F.O=C1c2ccccc2C(=O)N1CCC(c1ccc(Br)nc1)C(F)(F)F. The Balaban J connectivity index is 0.000000252. The van der Waals surface area contributed by atoms with Crippen LogP contribution < -0.4 is 5.73 Å². The van der Waals surface area contributed by atoms with Gasteiger partial charge in [-0.1, -0.05) is 24.3 Å². The minimum atomic E-state index is -4.51. The minimum Gasteiger partial charge on any atom is -0.330 e. The fraction of sp³-hybridized carbons (Fsp3) is 0.308. The van der Waals surface area contributed by atoms with Gasteiger partial charge in [0, 0.05) is 18.9 Å². The average Bonchev–Trinajstić information content (AvgIpc) is 3.13. The Labute approximate surface area is 242 Å². The molecule has 0 spiro atoms. The number of hydrogen-bond donors (Lipinski definition) is 1. The number of halogens is 8. The van der Waals surface area contributed by atoms with Gasteiger partial charge in [-0.25, -0.2) is 9.97 Å². The molecule has 3 aromatic rings. The van der Waals surface area contributed by atoms with Crippen LogP contribution in [0.2, 0.25) is 0 Å². The van der Waals surface area contributed by atoms with Gasteiger partial charge in [-0.2, -0.15) is 26.3 Å². The molecule has 214 valence electrons. The maximum absolute atomic E-state index is 13.4. The van der Waals surface area contributed by atoms with Crippen molar-refractivity contribution < 1.29 is 35.9 Å². The molecule has 1 aromatic carbocycles. The number of rotatable bonds is 7. The van der Waals surface area contributed by atoms with E-state index >= 15 is 0 Å². The molecule has 2 amide bonds. The molecule has 2 atom stereocenters. The summed E-state index contributed by atoms with van der Waals surface area (Å²) in [5, 5.41) is 0. The summed E-state index contributed by atoms with van der Waals surface area (Å²) in [7, 11) is 0. The molecule has 14 heteroatoms. The molecule has 0 radical (unpaired) electrons. The number of hydrogen-bond acceptors (Lipinski definition) is 5. The predicted octanol–water partition coefficient (Wildman–Crippen LogP) is 7.02. The van der Waals surface area contributed by atoms with Crippen LogP contribution in [0, 0.1) is 0 Å². The van der Waals surface area contributed by atoms with Gasteiger partial charge in [-0.3, -0.25) is 14.5 Å². The van der Waals surface area contributed by atoms with Gasteiger partial charge >= 0.3 is 12.4 Å². The van der Waals surface area contributed by atoms with Crippen molar-refractivity contribution in [2.45, 2.75) is 37.0 Å². The van der Waals surface area contributed by atoms with Crippen molar-refractivity contribution in [3.63, 3.8) is 0 Å². The van der Waals surface area contributed by atoms with Crippen molar-refractivity contribution in [1.29, 1.82) is 0 Å². The molecular formula is C26H22Br2F6N4O2. The van der Waals surface area contributed by atoms with Gasteiger partial charge < -0.3 is 5.73 Å². The van der Waals surface area contributed by atoms with Crippen LogP contribution >= 0.6 is 31.9 Å². The first-order valence-electron chi connectivity index (χ1n) is 11.8. The Morgan fingerprint density at radius 2 is 1.15 bits per heavy atom. The monoisotopic (exact) mass is 694 g/mol. The van der Waals surface area contributed by atoms with Crippen LogP contribution in [0.25, 0.3) is 0 Å². The highest BCUT2D eigenvalue weighted by atomic mass is 79.9. The van der Waals surface area contributed by atoms with Crippen LogP contribution in [0.4, 0.5) is 26.3 Å². The van der Waals surface area contributed by atoms with E-state index in [0.29, 0.717) is 9.21 Å². The molecule has 40 heavy (non-hydrogen) atoms. The lowest BCUT2D eigenvalue weighted by molar-refractivity contribution is -0.152. The van der Waals surface area contributed by atoms with Gasteiger partial charge in [0.05, 0.1) is 23.0 Å². The lowest BCUT2D eigenvalue weighted by Crippen LogP contribution is -2.33. The van der Waals surface area contributed by atoms with E-state index in [1.807, 2.05) is 0 Å². The van der Waals surface area contributed by atoms with Crippen LogP contribution in [-0.4, -0.2) is 52.1 Å². The first kappa shape index (κ1) is 31.7. The van der Waals surface area contributed by atoms with Crippen molar-refractivity contribution in [1.82, 2.24) is 14.9 Å². The van der Waals surface area contributed by atoms with Gasteiger partial charge in [-0.15, -0.1) is 0 Å². The van der Waals surface area contributed by atoms with E-state index in [1.54, 1.807) is 12.1 Å². The highest BCUT2D eigenvalue weighted by molar-refractivity contribution is 9.10. The van der Waals surface area contributed by atoms with E-state index in [1.165, 1.54) is 42.6 Å². The Bertz CT molecular complexity index is 1280. The molecule has 1 aliphatic rings. The van der Waals surface area contributed by atoms with E-state index in [2.05, 4.69) is 41.8 Å². The minimum absolute atomic E-state index is 0.000239. The van der Waals surface area contributed by atoms with Crippen molar-refractivity contribution in [3.8, 4) is 0 Å². The van der Waals surface area contributed by atoms with Gasteiger partial charge in [0.15, 0.2) is 0 Å². The summed E-state index contributed by atoms with van der Waals surface area (Å²) in [6.07, 6.45) is -6.95. The Morgan fingerprint density at radius 1 is 0.725 bits per heavy atom. The van der Waals surface area contributed by atoms with Crippen molar-refractivity contribution in [3.05, 3.63) is 92.4 Å². The second-order valence-corrected chi connectivity index (χ2v) is 10.3. The molecule has 1 aliphatic heterocycles. The summed E-state index contributed by atoms with van der Waals surface area (Å²) >= 11 is 6.15. The van der Waals surface area contributed by atoms with E-state index in [9.17, 15) is 35.9 Å². The number of nitrogens with two attached hydrogens (primary N) is 1. The molecule has 0 saturated heterocycles. The van der Waals surface area contributed by atoms with Gasteiger partial charge in [-0.05, 0) is 86.6 Å². The van der Waals surface area contributed by atoms with E-state index in [0.717, 1.165) is 11.1 Å². The van der Waals surface area contributed by atoms with E-state index in [-0.39, 0.29) is 41.8 Å². The Morgan fingerprint density at radius 3 is 1.50 bits per heavy atom. The third-order valence-corrected chi connectivity index (χ3v) is 7.01. The highest BCUT2D eigenvalue weighted by Gasteiger charge is 2.43. The second kappa shape index (κ2) is 13.2. The predicted molar refractivity (Wildman–Crippen MR) is 142 cm³/mol. The maximum Gasteiger partial charge on any atom is 0.395 e. The van der Waals surface area contributed by atoms with Crippen LogP contribution in [-0.2, 0) is 0 Å².